The van der Waals surface area contributed by atoms with Crippen molar-refractivity contribution in [3.05, 3.63) is 71.8 Å². The van der Waals surface area contributed by atoms with Crippen LogP contribution in [0.25, 0.3) is 0 Å². The van der Waals surface area contributed by atoms with Gasteiger partial charge in [-0.1, -0.05) is 36.4 Å². The lowest BCUT2D eigenvalue weighted by atomic mass is 9.87. The van der Waals surface area contributed by atoms with Crippen molar-refractivity contribution >= 4 is 47.8 Å². The molecule has 61 heavy (non-hydrogen) atoms. The third-order valence-electron chi connectivity index (χ3n) is 9.68. The van der Waals surface area contributed by atoms with Crippen LogP contribution in [0.5, 0.6) is 0 Å². The lowest BCUT2D eigenvalue weighted by Gasteiger charge is -2.50. The predicted molar refractivity (Wildman–Crippen MR) is 197 cm³/mol. The first kappa shape index (κ1) is 46.1. The van der Waals surface area contributed by atoms with Gasteiger partial charge in [-0.05, 0) is 24.3 Å². The van der Waals surface area contributed by atoms with Gasteiger partial charge in [-0.2, -0.15) is 0 Å². The van der Waals surface area contributed by atoms with Crippen molar-refractivity contribution in [2.45, 2.75) is 101 Å². The number of imide groups is 1. The number of carbonyl (C=O) groups is 8. The summed E-state index contributed by atoms with van der Waals surface area (Å²) in [5.74, 6) is -9.69. The Morgan fingerprint density at radius 2 is 1.43 bits per heavy atom. The molecule has 0 radical (unpaired) electrons. The Morgan fingerprint density at radius 1 is 0.820 bits per heavy atom. The summed E-state index contributed by atoms with van der Waals surface area (Å²) in [7, 11) is 2.10. The monoisotopic (exact) mass is 859 g/mol. The summed E-state index contributed by atoms with van der Waals surface area (Å²) in [4.78, 5) is 105. The Balaban J connectivity index is 1.63. The zero-order valence-corrected chi connectivity index (χ0v) is 33.8. The van der Waals surface area contributed by atoms with Crippen LogP contribution in [0.1, 0.15) is 54.8 Å². The Hall–Kier alpha value is -6.00. The Morgan fingerprint density at radius 3 is 1.97 bits per heavy atom. The Kier molecular flexibility index (Phi) is 15.1. The van der Waals surface area contributed by atoms with Gasteiger partial charge < -0.3 is 57.2 Å². The smallest absolute Gasteiger partial charge is 0.417 e. The van der Waals surface area contributed by atoms with Crippen molar-refractivity contribution in [3.8, 4) is 0 Å². The van der Waals surface area contributed by atoms with Crippen molar-refractivity contribution in [1.82, 2.24) is 4.90 Å². The maximum Gasteiger partial charge on any atom is 0.417 e. The van der Waals surface area contributed by atoms with Crippen LogP contribution in [0.3, 0.4) is 0 Å². The van der Waals surface area contributed by atoms with Crippen molar-refractivity contribution in [3.63, 3.8) is 0 Å². The third kappa shape index (κ3) is 10.7. The number of aliphatic hydroxyl groups is 1. The van der Waals surface area contributed by atoms with Gasteiger partial charge in [-0.25, -0.2) is 24.1 Å². The molecule has 0 spiro atoms. The lowest BCUT2D eigenvalue weighted by Crippen LogP contribution is -2.70. The highest BCUT2D eigenvalue weighted by molar-refractivity contribution is 5.93. The zero-order chi connectivity index (χ0) is 44.6. The van der Waals surface area contributed by atoms with Gasteiger partial charge >= 0.3 is 41.9 Å². The number of methoxy groups -OCH3 is 2. The number of rotatable bonds is 15. The molecule has 21 heteroatoms. The van der Waals surface area contributed by atoms with E-state index in [1.807, 2.05) is 0 Å². The number of hydrogen-bond donors (Lipinski definition) is 1. The molecule has 2 aromatic carbocycles. The number of carbonyl (C=O) groups excluding carboxylic acids is 8. The van der Waals surface area contributed by atoms with E-state index in [2.05, 4.69) is 0 Å². The molecule has 11 atom stereocenters. The number of aliphatic hydroxyl groups excluding tert-OH is 1. The van der Waals surface area contributed by atoms with Crippen LogP contribution in [-0.4, -0.2) is 152 Å². The van der Waals surface area contributed by atoms with E-state index in [1.54, 1.807) is 36.4 Å². The number of hydrogen-bond acceptors (Lipinski definition) is 20. The van der Waals surface area contributed by atoms with E-state index in [0.717, 1.165) is 34.8 Å². The summed E-state index contributed by atoms with van der Waals surface area (Å²) in [6.45, 7) is 2.60. The number of ether oxygens (including phenoxy) is 11. The molecule has 0 aromatic heterocycles. The first-order chi connectivity index (χ1) is 29.0. The van der Waals surface area contributed by atoms with Crippen molar-refractivity contribution in [2.24, 2.45) is 0 Å². The fourth-order valence-corrected chi connectivity index (χ4v) is 7.11. The molecular formula is C40H45NO20. The molecule has 21 nitrogen and oxygen atoms in total. The minimum absolute atomic E-state index is 0.0414. The van der Waals surface area contributed by atoms with Gasteiger partial charge in [-0.15, -0.1) is 0 Å². The predicted octanol–water partition coefficient (Wildman–Crippen LogP) is 1.01. The minimum atomic E-state index is -2.85. The third-order valence-corrected chi connectivity index (χ3v) is 9.68. The molecule has 3 aliphatic rings. The first-order valence-electron chi connectivity index (χ1n) is 18.8. The standard InChI is InChI=1S/C40H45NO20/c1-20(42)41-29-26(58-39(41)50)17-40(38(49)52-6,60-32(29)31(56-23(4)45)28(55-22(3)44)19-53-21(2)43)61-33-30(46)27(18-54-35(47)24-13-9-7-10-14-24)57-37(51-5)34(33)59-36(48)25-15-11-8-12-16-25/h7-16,26-34,37,46H,17-19H2,1-6H3/t26-,27+,28+,29+,30-,31+,32+,33-,34+,37+,40-/m0/s1. The Labute approximate surface area is 348 Å². The molecule has 3 saturated heterocycles. The van der Waals surface area contributed by atoms with Crippen LogP contribution in [0, 0.1) is 0 Å². The van der Waals surface area contributed by atoms with Crippen LogP contribution in [-0.2, 0) is 76.1 Å². The molecule has 0 unspecified atom stereocenters. The van der Waals surface area contributed by atoms with E-state index in [1.165, 1.54) is 31.4 Å². The van der Waals surface area contributed by atoms with Gasteiger partial charge in [0, 0.05) is 34.8 Å². The van der Waals surface area contributed by atoms with Gasteiger partial charge in [-0.3, -0.25) is 19.2 Å². The van der Waals surface area contributed by atoms with Gasteiger partial charge in [0.05, 0.1) is 24.7 Å². The lowest BCUT2D eigenvalue weighted by molar-refractivity contribution is -0.366. The van der Waals surface area contributed by atoms with Gasteiger partial charge in [0.2, 0.25) is 5.91 Å². The fraction of sp³-hybridized carbons (Fsp3) is 0.500. The van der Waals surface area contributed by atoms with Crippen LogP contribution >= 0.6 is 0 Å². The molecule has 2 aromatic rings. The number of esters is 6. The first-order valence-corrected chi connectivity index (χ1v) is 18.8. The van der Waals surface area contributed by atoms with Crippen LogP contribution in [0.4, 0.5) is 4.79 Å². The Bertz CT molecular complexity index is 1940. The van der Waals surface area contributed by atoms with E-state index in [4.69, 9.17) is 52.1 Å². The highest BCUT2D eigenvalue weighted by atomic mass is 16.8. The molecule has 0 saturated carbocycles. The van der Waals surface area contributed by atoms with Gasteiger partial charge in [0.1, 0.15) is 49.8 Å². The number of benzene rings is 2. The van der Waals surface area contributed by atoms with Crippen molar-refractivity contribution in [2.75, 3.05) is 27.4 Å². The topological polar surface area (TPSA) is 262 Å². The molecule has 330 valence electrons. The van der Waals surface area contributed by atoms with E-state index in [9.17, 15) is 43.5 Å². The summed E-state index contributed by atoms with van der Waals surface area (Å²) >= 11 is 0. The SMILES string of the molecule is COC(=O)[C@@]1(O[C@H]2[C@@H](O)[C@@H](COC(=O)c3ccccc3)O[C@@H](OC)[C@@H]2OC(=O)c2ccccc2)C[C@@H]2OC(=O)N(C(C)=O)[C@H]2[C@H]([C@H](OC(C)=O)[C@@H](COC(C)=O)OC(C)=O)O1. The summed E-state index contributed by atoms with van der Waals surface area (Å²) in [6, 6.07) is 13.9. The second-order valence-corrected chi connectivity index (χ2v) is 13.9. The van der Waals surface area contributed by atoms with E-state index < -0.39 is 134 Å². The molecule has 2 amide bonds. The summed E-state index contributed by atoms with van der Waals surface area (Å²) in [6.07, 6.45) is -17.9. The van der Waals surface area contributed by atoms with E-state index in [-0.39, 0.29) is 11.1 Å². The van der Waals surface area contributed by atoms with Crippen LogP contribution in [0.2, 0.25) is 0 Å². The fourth-order valence-electron chi connectivity index (χ4n) is 7.11. The molecule has 3 heterocycles. The van der Waals surface area contributed by atoms with Gasteiger partial charge in [0.15, 0.2) is 24.6 Å². The van der Waals surface area contributed by atoms with Crippen molar-refractivity contribution in [1.29, 1.82) is 0 Å². The molecule has 3 aliphatic heterocycles. The van der Waals surface area contributed by atoms with Gasteiger partial charge in [0.25, 0.3) is 5.79 Å². The maximum absolute atomic E-state index is 14.2. The van der Waals surface area contributed by atoms with E-state index >= 15 is 0 Å². The number of nitrogens with zero attached hydrogens (tertiary/aromatic N) is 1. The highest BCUT2D eigenvalue weighted by Crippen LogP contribution is 2.44. The maximum atomic E-state index is 14.2. The zero-order valence-electron chi connectivity index (χ0n) is 33.8. The minimum Gasteiger partial charge on any atom is -0.465 e. The average Bonchev–Trinajstić information content (AvgIpc) is 3.57. The second-order valence-electron chi connectivity index (χ2n) is 13.9. The molecule has 0 aliphatic carbocycles. The molecular weight excluding hydrogens is 814 g/mol. The van der Waals surface area contributed by atoms with Crippen LogP contribution in [0.15, 0.2) is 60.7 Å². The van der Waals surface area contributed by atoms with Crippen molar-refractivity contribution < 1.29 is 95.6 Å². The summed E-state index contributed by atoms with van der Waals surface area (Å²) in [5, 5.41) is 12.0. The highest BCUT2D eigenvalue weighted by Gasteiger charge is 2.66. The summed E-state index contributed by atoms with van der Waals surface area (Å²) in [5.41, 5.74) is 0.202. The molecule has 0 bridgehead atoms. The van der Waals surface area contributed by atoms with Crippen LogP contribution < -0.4 is 0 Å². The molecule has 5 rings (SSSR count). The molecule has 3 fully saturated rings. The molecule has 1 N–H and O–H groups in total. The largest absolute Gasteiger partial charge is 0.465 e. The average molecular weight is 860 g/mol. The summed E-state index contributed by atoms with van der Waals surface area (Å²) < 4.78 is 62.4. The second kappa shape index (κ2) is 20.0. The number of amides is 2. The number of fused-ring (bicyclic) bond motifs is 1. The van der Waals surface area contributed by atoms with E-state index in [0.29, 0.717) is 4.90 Å². The quantitative estimate of drug-likeness (QED) is 0.193. The normalized spacial score (nSPS) is 27.9.